The Kier molecular flexibility index (Phi) is 4.91. The number of halogens is 1. The van der Waals surface area contributed by atoms with Crippen molar-refractivity contribution in [3.05, 3.63) is 22.1 Å². The maximum absolute atomic E-state index is 10.2. The van der Waals surface area contributed by atoms with Crippen molar-refractivity contribution in [1.29, 1.82) is 0 Å². The minimum atomic E-state index is -0.481. The van der Waals surface area contributed by atoms with Gasteiger partial charge in [0, 0.05) is 0 Å². The average Bonchev–Trinajstić information content (AvgIpc) is 1.64. The first-order valence-electron chi connectivity index (χ1n) is 1.86. The zero-order chi connectivity index (χ0) is 5.98. The van der Waals surface area contributed by atoms with E-state index >= 15 is 0 Å². The molecule has 0 radical (unpaired) electrons. The predicted molar refractivity (Wildman–Crippen MR) is 28.8 cm³/mol. The zero-order valence-corrected chi connectivity index (χ0v) is 8.64. The molecule has 0 fully saturated rings. The third kappa shape index (κ3) is 3.44. The van der Waals surface area contributed by atoms with Crippen LogP contribution in [0.5, 0.6) is 0 Å². The molecule has 1 N–H and O–H groups in total. The number of nitrogens with one attached hydrogen (secondary N) is 1. The van der Waals surface area contributed by atoms with Crippen molar-refractivity contribution in [2.45, 2.75) is 0 Å². The van der Waals surface area contributed by atoms with E-state index in [1.54, 1.807) is 0 Å². The number of hydrogen-bond acceptors (Lipinski definition) is 3. The first-order chi connectivity index (χ1) is 3.79. The Hall–Kier alpha value is 0.736. The summed E-state index contributed by atoms with van der Waals surface area (Å²) in [6.45, 7) is 0. The standard InChI is InChI=1S/C3H2ClN3O.K.H/c4-2-5-1-6-3(8)7-2;;/h1H,(H,5,6,7,8);;/q;+1;-1. The molecule has 0 atom stereocenters. The Morgan fingerprint density at radius 1 is 1.67 bits per heavy atom. The number of hydrogen-bond donors (Lipinski definition) is 1. The number of aromatic nitrogens is 3. The molecule has 1 rings (SSSR count). The third-order valence-electron chi connectivity index (χ3n) is 0.556. The van der Waals surface area contributed by atoms with Gasteiger partial charge in [0.25, 0.3) is 0 Å². The molecule has 1 aromatic heterocycles. The second kappa shape index (κ2) is 4.54. The van der Waals surface area contributed by atoms with Crippen LogP contribution < -0.4 is 57.1 Å². The van der Waals surface area contributed by atoms with E-state index in [4.69, 9.17) is 11.6 Å². The van der Waals surface area contributed by atoms with E-state index in [0.29, 0.717) is 0 Å². The van der Waals surface area contributed by atoms with E-state index in [1.807, 2.05) is 0 Å². The predicted octanol–water partition coefficient (Wildman–Crippen LogP) is -3.07. The SMILES string of the molecule is O=c1ncnc(Cl)[nH]1.[H-].[K+]. The van der Waals surface area contributed by atoms with Crippen molar-refractivity contribution in [2.24, 2.45) is 0 Å². The van der Waals surface area contributed by atoms with Crippen LogP contribution in [0.15, 0.2) is 11.1 Å². The Balaban J connectivity index is 0. The quantitative estimate of drug-likeness (QED) is 0.422. The largest absolute Gasteiger partial charge is 1.00 e. The minimum absolute atomic E-state index is 0. The molecule has 0 aliphatic heterocycles. The molecule has 0 spiro atoms. The summed E-state index contributed by atoms with van der Waals surface area (Å²) in [7, 11) is 0. The molecule has 9 heavy (non-hydrogen) atoms. The van der Waals surface area contributed by atoms with Gasteiger partial charge in [0.05, 0.1) is 0 Å². The first kappa shape index (κ1) is 9.74. The molecule has 0 bridgehead atoms. The van der Waals surface area contributed by atoms with Gasteiger partial charge in [0.1, 0.15) is 6.33 Å². The van der Waals surface area contributed by atoms with Crippen LogP contribution in [0.25, 0.3) is 0 Å². The van der Waals surface area contributed by atoms with E-state index in [-0.39, 0.29) is 58.1 Å². The summed E-state index contributed by atoms with van der Waals surface area (Å²) in [6, 6.07) is 0. The monoisotopic (exact) mass is 171 g/mol. The maximum atomic E-state index is 10.2. The Bertz CT molecular complexity index is 241. The van der Waals surface area contributed by atoms with Gasteiger partial charge < -0.3 is 1.43 Å². The summed E-state index contributed by atoms with van der Waals surface area (Å²) >= 11 is 5.24. The molecule has 0 saturated carbocycles. The van der Waals surface area contributed by atoms with E-state index in [1.165, 1.54) is 0 Å². The fraction of sp³-hybridized carbons (Fsp3) is 0. The molecular weight excluding hydrogens is 169 g/mol. The molecular formula is C3H3ClKN3O. The van der Waals surface area contributed by atoms with Crippen molar-refractivity contribution in [1.82, 2.24) is 15.0 Å². The molecule has 44 valence electrons. The third-order valence-corrected chi connectivity index (χ3v) is 0.748. The molecule has 0 saturated heterocycles. The molecule has 0 unspecified atom stereocenters. The molecule has 1 heterocycles. The number of H-pyrrole nitrogens is 1. The van der Waals surface area contributed by atoms with Crippen LogP contribution in [-0.4, -0.2) is 15.0 Å². The number of nitrogens with zero attached hydrogens (tertiary/aromatic N) is 2. The topological polar surface area (TPSA) is 58.6 Å². The van der Waals surface area contributed by atoms with Crippen LogP contribution in [0.1, 0.15) is 1.43 Å². The Morgan fingerprint density at radius 2 is 2.33 bits per heavy atom. The Morgan fingerprint density at radius 3 is 2.67 bits per heavy atom. The molecule has 1 aromatic rings. The van der Waals surface area contributed by atoms with Crippen molar-refractivity contribution in [2.75, 3.05) is 0 Å². The van der Waals surface area contributed by atoms with Crippen LogP contribution in [0.4, 0.5) is 0 Å². The van der Waals surface area contributed by atoms with Crippen LogP contribution >= 0.6 is 11.6 Å². The number of rotatable bonds is 0. The van der Waals surface area contributed by atoms with Gasteiger partial charge in [-0.15, -0.1) is 0 Å². The van der Waals surface area contributed by atoms with Gasteiger partial charge in [0.15, 0.2) is 0 Å². The van der Waals surface area contributed by atoms with Gasteiger partial charge >= 0.3 is 57.1 Å². The van der Waals surface area contributed by atoms with Gasteiger partial charge in [-0.05, 0) is 11.6 Å². The van der Waals surface area contributed by atoms with Crippen molar-refractivity contribution < 1.29 is 52.8 Å². The van der Waals surface area contributed by atoms with Crippen LogP contribution in [0.2, 0.25) is 5.28 Å². The average molecular weight is 172 g/mol. The summed E-state index contributed by atoms with van der Waals surface area (Å²) in [5.74, 6) is 0. The van der Waals surface area contributed by atoms with Crippen LogP contribution in [0.3, 0.4) is 0 Å². The first-order valence-corrected chi connectivity index (χ1v) is 2.23. The normalized spacial score (nSPS) is 8.11. The second-order valence-electron chi connectivity index (χ2n) is 1.09. The molecule has 4 nitrogen and oxygen atoms in total. The maximum Gasteiger partial charge on any atom is 1.00 e. The van der Waals surface area contributed by atoms with Gasteiger partial charge in [0.2, 0.25) is 5.28 Å². The summed E-state index contributed by atoms with van der Waals surface area (Å²) in [5, 5.41) is 0.0602. The second-order valence-corrected chi connectivity index (χ2v) is 1.45. The fourth-order valence-corrected chi connectivity index (χ4v) is 0.409. The summed E-state index contributed by atoms with van der Waals surface area (Å²) < 4.78 is 0. The van der Waals surface area contributed by atoms with Crippen LogP contribution in [-0.2, 0) is 0 Å². The van der Waals surface area contributed by atoms with E-state index in [2.05, 4.69) is 15.0 Å². The van der Waals surface area contributed by atoms with Gasteiger partial charge in [-0.2, -0.15) is 4.98 Å². The fourth-order valence-electron chi connectivity index (χ4n) is 0.285. The molecule has 0 aliphatic carbocycles. The summed E-state index contributed by atoms with van der Waals surface area (Å²) in [6.07, 6.45) is 1.10. The molecule has 0 aliphatic rings. The zero-order valence-electron chi connectivity index (χ0n) is 5.76. The smallest absolute Gasteiger partial charge is 1.00 e. The summed E-state index contributed by atoms with van der Waals surface area (Å²) in [5.41, 5.74) is -0.481. The number of aromatic amines is 1. The van der Waals surface area contributed by atoms with E-state index < -0.39 is 5.69 Å². The van der Waals surface area contributed by atoms with Crippen molar-refractivity contribution in [3.8, 4) is 0 Å². The van der Waals surface area contributed by atoms with E-state index in [9.17, 15) is 4.79 Å². The van der Waals surface area contributed by atoms with E-state index in [0.717, 1.165) is 6.33 Å². The molecule has 6 heteroatoms. The van der Waals surface area contributed by atoms with Crippen molar-refractivity contribution >= 4 is 11.6 Å². The molecule has 0 aromatic carbocycles. The van der Waals surface area contributed by atoms with Crippen molar-refractivity contribution in [3.63, 3.8) is 0 Å². The minimum Gasteiger partial charge on any atom is -1.00 e. The summed E-state index contributed by atoms with van der Waals surface area (Å²) in [4.78, 5) is 19.0. The Labute approximate surface area is 100.0 Å². The van der Waals surface area contributed by atoms with Gasteiger partial charge in [-0.1, -0.05) is 0 Å². The van der Waals surface area contributed by atoms with Crippen LogP contribution in [0, 0.1) is 0 Å². The van der Waals surface area contributed by atoms with Gasteiger partial charge in [-0.25, -0.2) is 9.78 Å². The van der Waals surface area contributed by atoms with Gasteiger partial charge in [-0.3, -0.25) is 4.98 Å². The molecule has 0 amide bonds.